The molecular weight excluding hydrogens is 436 g/mol. The number of hydrogen-bond acceptors (Lipinski definition) is 5. The van der Waals surface area contributed by atoms with Crippen molar-refractivity contribution in [1.29, 1.82) is 0 Å². The molecule has 3 aromatic rings. The third-order valence-electron chi connectivity index (χ3n) is 3.94. The Morgan fingerprint density at radius 2 is 1.74 bits per heavy atom. The van der Waals surface area contributed by atoms with Crippen LogP contribution in [0.1, 0.15) is 12.8 Å². The van der Waals surface area contributed by atoms with Gasteiger partial charge in [0.2, 0.25) is 11.2 Å². The highest BCUT2D eigenvalue weighted by atomic mass is 79.9. The molecule has 3 rings (SSSR count). The van der Waals surface area contributed by atoms with Gasteiger partial charge in [-0.25, -0.2) is 0 Å². The van der Waals surface area contributed by atoms with Gasteiger partial charge in [-0.05, 0) is 37.1 Å². The van der Waals surface area contributed by atoms with Crippen LogP contribution in [0.3, 0.4) is 0 Å². The van der Waals surface area contributed by atoms with E-state index >= 15 is 0 Å². The van der Waals surface area contributed by atoms with Crippen molar-refractivity contribution in [3.05, 3.63) is 58.8 Å². The lowest BCUT2D eigenvalue weighted by atomic mass is 10.1. The third kappa shape index (κ3) is 4.23. The predicted molar refractivity (Wildman–Crippen MR) is 106 cm³/mol. The van der Waals surface area contributed by atoms with E-state index in [0.29, 0.717) is 17.4 Å². The fraction of sp³-hybridized carbons (Fsp3) is 0.211. The standard InChI is InChI=1S/C19H17BrO6S/c20-11-5-6-12-25-19-17(21)13-7-1-3-9-15(13)26-18(19)14-8-2-4-10-16(14)27(22,23)24/h1-4,7-10H,5-6,11-12H2,(H,22,23,24). The first-order valence-electron chi connectivity index (χ1n) is 8.25. The molecule has 0 fully saturated rings. The van der Waals surface area contributed by atoms with Gasteiger partial charge in [-0.3, -0.25) is 9.35 Å². The Balaban J connectivity index is 2.24. The zero-order valence-corrected chi connectivity index (χ0v) is 16.6. The maximum atomic E-state index is 12.9. The molecule has 142 valence electrons. The van der Waals surface area contributed by atoms with Crippen molar-refractivity contribution in [3.63, 3.8) is 0 Å². The lowest BCUT2D eigenvalue weighted by Crippen LogP contribution is -2.12. The van der Waals surface area contributed by atoms with Gasteiger partial charge >= 0.3 is 0 Å². The van der Waals surface area contributed by atoms with Crippen LogP contribution in [0.15, 0.2) is 62.6 Å². The van der Waals surface area contributed by atoms with Crippen molar-refractivity contribution in [2.45, 2.75) is 17.7 Å². The molecule has 1 aromatic heterocycles. The predicted octanol–water partition coefficient (Wildman–Crippen LogP) is 4.26. The summed E-state index contributed by atoms with van der Waals surface area (Å²) < 4.78 is 44.6. The first kappa shape index (κ1) is 19.6. The first-order valence-corrected chi connectivity index (χ1v) is 10.8. The molecule has 27 heavy (non-hydrogen) atoms. The molecular formula is C19H17BrO6S. The number of para-hydroxylation sites is 1. The summed E-state index contributed by atoms with van der Waals surface area (Å²) in [4.78, 5) is 12.6. The molecule has 0 aliphatic rings. The number of fused-ring (bicyclic) bond motifs is 1. The molecule has 1 heterocycles. The minimum atomic E-state index is -4.52. The van der Waals surface area contributed by atoms with E-state index < -0.39 is 15.5 Å². The van der Waals surface area contributed by atoms with Gasteiger partial charge in [-0.1, -0.05) is 40.2 Å². The van der Waals surface area contributed by atoms with Crippen molar-refractivity contribution in [1.82, 2.24) is 0 Å². The van der Waals surface area contributed by atoms with Gasteiger partial charge in [-0.15, -0.1) is 0 Å². The maximum absolute atomic E-state index is 12.9. The lowest BCUT2D eigenvalue weighted by molar-refractivity contribution is 0.302. The van der Waals surface area contributed by atoms with Crippen LogP contribution in [0.4, 0.5) is 0 Å². The van der Waals surface area contributed by atoms with E-state index in [1.54, 1.807) is 30.3 Å². The van der Waals surface area contributed by atoms with Gasteiger partial charge in [0.25, 0.3) is 10.1 Å². The Morgan fingerprint density at radius 1 is 1.04 bits per heavy atom. The molecule has 2 aromatic carbocycles. The number of alkyl halides is 1. The highest BCUT2D eigenvalue weighted by molar-refractivity contribution is 9.09. The van der Waals surface area contributed by atoms with Crippen LogP contribution in [0.2, 0.25) is 0 Å². The van der Waals surface area contributed by atoms with Crippen molar-refractivity contribution in [3.8, 4) is 17.1 Å². The van der Waals surface area contributed by atoms with E-state index in [-0.39, 0.29) is 28.6 Å². The fourth-order valence-corrected chi connectivity index (χ4v) is 3.77. The first-order chi connectivity index (χ1) is 12.9. The quantitative estimate of drug-likeness (QED) is 0.327. The highest BCUT2D eigenvalue weighted by Gasteiger charge is 2.24. The summed E-state index contributed by atoms with van der Waals surface area (Å²) >= 11 is 3.34. The van der Waals surface area contributed by atoms with Crippen molar-refractivity contribution in [2.75, 3.05) is 11.9 Å². The van der Waals surface area contributed by atoms with Gasteiger partial charge in [0, 0.05) is 10.9 Å². The van der Waals surface area contributed by atoms with Crippen LogP contribution < -0.4 is 10.2 Å². The van der Waals surface area contributed by atoms with E-state index in [0.717, 1.165) is 11.8 Å². The van der Waals surface area contributed by atoms with Gasteiger partial charge in [0.05, 0.1) is 12.0 Å². The zero-order chi connectivity index (χ0) is 19.4. The summed E-state index contributed by atoms with van der Waals surface area (Å²) in [6.07, 6.45) is 1.56. The molecule has 0 unspecified atom stereocenters. The van der Waals surface area contributed by atoms with Crippen LogP contribution in [-0.2, 0) is 10.1 Å². The van der Waals surface area contributed by atoms with Crippen LogP contribution in [0, 0.1) is 0 Å². The second kappa shape index (κ2) is 8.24. The number of unbranched alkanes of at least 4 members (excludes halogenated alkanes) is 1. The fourth-order valence-electron chi connectivity index (χ4n) is 2.68. The molecule has 0 saturated heterocycles. The summed E-state index contributed by atoms with van der Waals surface area (Å²) in [5.41, 5.74) is -0.0235. The summed E-state index contributed by atoms with van der Waals surface area (Å²) in [5.74, 6) is -0.0925. The number of halogens is 1. The van der Waals surface area contributed by atoms with Crippen LogP contribution in [0.25, 0.3) is 22.3 Å². The van der Waals surface area contributed by atoms with E-state index in [1.165, 1.54) is 18.2 Å². The molecule has 0 atom stereocenters. The number of hydrogen-bond donors (Lipinski definition) is 1. The Hall–Kier alpha value is -2.16. The van der Waals surface area contributed by atoms with Crippen molar-refractivity contribution < 1.29 is 22.1 Å². The molecule has 0 aliphatic carbocycles. The molecule has 0 spiro atoms. The summed E-state index contributed by atoms with van der Waals surface area (Å²) in [6, 6.07) is 12.4. The average Bonchev–Trinajstić information content (AvgIpc) is 2.66. The molecule has 0 radical (unpaired) electrons. The van der Waals surface area contributed by atoms with E-state index in [1.807, 2.05) is 0 Å². The Morgan fingerprint density at radius 3 is 2.48 bits per heavy atom. The topological polar surface area (TPSA) is 93.8 Å². The summed E-state index contributed by atoms with van der Waals surface area (Å²) in [7, 11) is -4.52. The monoisotopic (exact) mass is 452 g/mol. The zero-order valence-electron chi connectivity index (χ0n) is 14.2. The third-order valence-corrected chi connectivity index (χ3v) is 5.41. The Bertz CT molecular complexity index is 1120. The molecule has 1 N–H and O–H groups in total. The maximum Gasteiger partial charge on any atom is 0.295 e. The van der Waals surface area contributed by atoms with Gasteiger partial charge < -0.3 is 9.15 Å². The largest absolute Gasteiger partial charge is 0.486 e. The Kier molecular flexibility index (Phi) is 5.98. The van der Waals surface area contributed by atoms with Crippen LogP contribution in [0.5, 0.6) is 5.75 Å². The average molecular weight is 453 g/mol. The molecule has 0 saturated carbocycles. The number of rotatable bonds is 7. The van der Waals surface area contributed by atoms with Crippen molar-refractivity contribution in [2.24, 2.45) is 0 Å². The molecule has 6 nitrogen and oxygen atoms in total. The number of ether oxygens (including phenoxy) is 1. The molecule has 8 heteroatoms. The highest BCUT2D eigenvalue weighted by Crippen LogP contribution is 2.35. The number of benzene rings is 2. The van der Waals surface area contributed by atoms with Gasteiger partial charge in [0.1, 0.15) is 10.5 Å². The lowest BCUT2D eigenvalue weighted by Gasteiger charge is -2.13. The van der Waals surface area contributed by atoms with Gasteiger partial charge in [-0.2, -0.15) is 8.42 Å². The summed E-state index contributed by atoms with van der Waals surface area (Å²) in [6.45, 7) is 0.274. The smallest absolute Gasteiger partial charge is 0.295 e. The van der Waals surface area contributed by atoms with Gasteiger partial charge in [0.15, 0.2) is 5.76 Å². The SMILES string of the molecule is O=c1c(OCCCCBr)c(-c2ccccc2S(=O)(=O)O)oc2ccccc12. The molecule has 0 aliphatic heterocycles. The van der Waals surface area contributed by atoms with E-state index in [9.17, 15) is 17.8 Å². The normalized spacial score (nSPS) is 11.6. The van der Waals surface area contributed by atoms with Crippen LogP contribution in [-0.4, -0.2) is 24.9 Å². The van der Waals surface area contributed by atoms with E-state index in [4.69, 9.17) is 9.15 Å². The minimum Gasteiger partial charge on any atom is -0.486 e. The minimum absolute atomic E-state index is 0.0224. The van der Waals surface area contributed by atoms with Crippen LogP contribution >= 0.6 is 15.9 Å². The second-order valence-electron chi connectivity index (χ2n) is 5.80. The van der Waals surface area contributed by atoms with E-state index in [2.05, 4.69) is 15.9 Å². The van der Waals surface area contributed by atoms with Crippen molar-refractivity contribution >= 4 is 37.0 Å². The molecule has 0 amide bonds. The summed E-state index contributed by atoms with van der Waals surface area (Å²) in [5, 5.41) is 1.14. The Labute approximate surface area is 164 Å². The second-order valence-corrected chi connectivity index (χ2v) is 7.98. The molecule has 0 bridgehead atoms.